The minimum atomic E-state index is -0.727. The number of hydrogen-bond donors (Lipinski definition) is 1. The summed E-state index contributed by atoms with van der Waals surface area (Å²) in [6.07, 6.45) is 0.822. The summed E-state index contributed by atoms with van der Waals surface area (Å²) in [4.78, 5) is 14.0. The summed E-state index contributed by atoms with van der Waals surface area (Å²) < 4.78 is 5.10. The van der Waals surface area contributed by atoms with Crippen LogP contribution in [0.25, 0.3) is 0 Å². The van der Waals surface area contributed by atoms with E-state index in [4.69, 9.17) is 4.74 Å². The predicted molar refractivity (Wildman–Crippen MR) is 55.3 cm³/mol. The standard InChI is InChI=1S/C11H17NO3/c1-3-15-10(14)11-6-9(13)7-12(11)5-4-8(11)2/h9,13H,2-7H2,1H3. The fourth-order valence-corrected chi connectivity index (χ4v) is 2.68. The highest BCUT2D eigenvalue weighted by molar-refractivity contribution is 5.86. The molecular formula is C11H17NO3. The molecule has 0 aromatic heterocycles. The van der Waals surface area contributed by atoms with Crippen molar-refractivity contribution in [2.24, 2.45) is 0 Å². The van der Waals surface area contributed by atoms with Crippen molar-refractivity contribution in [1.29, 1.82) is 0 Å². The second-order valence-electron chi connectivity index (χ2n) is 4.24. The van der Waals surface area contributed by atoms with Gasteiger partial charge in [0.25, 0.3) is 0 Å². The van der Waals surface area contributed by atoms with Crippen molar-refractivity contribution in [3.63, 3.8) is 0 Å². The highest BCUT2D eigenvalue weighted by atomic mass is 16.5. The van der Waals surface area contributed by atoms with Crippen molar-refractivity contribution in [2.45, 2.75) is 31.4 Å². The van der Waals surface area contributed by atoms with Crippen molar-refractivity contribution in [2.75, 3.05) is 19.7 Å². The topological polar surface area (TPSA) is 49.8 Å². The van der Waals surface area contributed by atoms with Gasteiger partial charge in [0.05, 0.1) is 12.7 Å². The molecule has 0 aromatic rings. The smallest absolute Gasteiger partial charge is 0.330 e. The van der Waals surface area contributed by atoms with E-state index in [0.29, 0.717) is 19.6 Å². The molecule has 84 valence electrons. The Hall–Kier alpha value is -0.870. The van der Waals surface area contributed by atoms with Crippen molar-refractivity contribution in [1.82, 2.24) is 4.90 Å². The zero-order chi connectivity index (χ0) is 11.1. The quantitative estimate of drug-likeness (QED) is 0.528. The first-order valence-corrected chi connectivity index (χ1v) is 5.40. The first-order valence-electron chi connectivity index (χ1n) is 5.40. The van der Waals surface area contributed by atoms with Gasteiger partial charge in [-0.2, -0.15) is 0 Å². The molecule has 4 nitrogen and oxygen atoms in total. The third kappa shape index (κ3) is 1.40. The zero-order valence-corrected chi connectivity index (χ0v) is 9.03. The summed E-state index contributed by atoms with van der Waals surface area (Å²) in [5.41, 5.74) is 0.160. The van der Waals surface area contributed by atoms with E-state index < -0.39 is 11.6 Å². The average Bonchev–Trinajstić information content (AvgIpc) is 2.65. The van der Waals surface area contributed by atoms with Crippen molar-refractivity contribution in [3.8, 4) is 0 Å². The van der Waals surface area contributed by atoms with Gasteiger partial charge >= 0.3 is 5.97 Å². The number of rotatable bonds is 2. The number of carbonyl (C=O) groups is 1. The molecule has 2 atom stereocenters. The number of aliphatic hydroxyl groups is 1. The largest absolute Gasteiger partial charge is 0.464 e. The van der Waals surface area contributed by atoms with Crippen LogP contribution in [0, 0.1) is 0 Å². The Bertz CT molecular complexity index is 302. The molecule has 15 heavy (non-hydrogen) atoms. The Morgan fingerprint density at radius 3 is 3.20 bits per heavy atom. The molecule has 0 aliphatic carbocycles. The maximum absolute atomic E-state index is 12.0. The van der Waals surface area contributed by atoms with Crippen LogP contribution in [0.15, 0.2) is 12.2 Å². The second kappa shape index (κ2) is 3.61. The van der Waals surface area contributed by atoms with Gasteiger partial charge in [0.1, 0.15) is 5.54 Å². The van der Waals surface area contributed by atoms with Gasteiger partial charge in [-0.25, -0.2) is 4.79 Å². The summed E-state index contributed by atoms with van der Waals surface area (Å²) in [5.74, 6) is -0.246. The van der Waals surface area contributed by atoms with E-state index in [-0.39, 0.29) is 5.97 Å². The van der Waals surface area contributed by atoms with Crippen molar-refractivity contribution < 1.29 is 14.6 Å². The predicted octanol–water partition coefficient (Wildman–Crippen LogP) is 0.315. The minimum Gasteiger partial charge on any atom is -0.464 e. The molecule has 0 saturated carbocycles. The van der Waals surface area contributed by atoms with Gasteiger partial charge in [-0.1, -0.05) is 6.58 Å². The fraction of sp³-hybridized carbons (Fsp3) is 0.727. The fourth-order valence-electron chi connectivity index (χ4n) is 2.68. The van der Waals surface area contributed by atoms with Gasteiger partial charge in [0.15, 0.2) is 0 Å². The van der Waals surface area contributed by atoms with Crippen molar-refractivity contribution >= 4 is 5.97 Å². The normalized spacial score (nSPS) is 35.6. The van der Waals surface area contributed by atoms with E-state index in [2.05, 4.69) is 6.58 Å². The van der Waals surface area contributed by atoms with Gasteiger partial charge in [-0.3, -0.25) is 4.90 Å². The van der Waals surface area contributed by atoms with E-state index in [9.17, 15) is 9.90 Å². The first kappa shape index (κ1) is 10.6. The Kier molecular flexibility index (Phi) is 2.56. The lowest BCUT2D eigenvalue weighted by atomic mass is 9.89. The van der Waals surface area contributed by atoms with E-state index in [1.807, 2.05) is 4.90 Å². The van der Waals surface area contributed by atoms with Gasteiger partial charge in [0, 0.05) is 19.5 Å². The number of esters is 1. The lowest BCUT2D eigenvalue weighted by Gasteiger charge is -2.29. The van der Waals surface area contributed by atoms with E-state index >= 15 is 0 Å². The van der Waals surface area contributed by atoms with Crippen LogP contribution in [0.1, 0.15) is 19.8 Å². The second-order valence-corrected chi connectivity index (χ2v) is 4.24. The number of hydrogen-bond acceptors (Lipinski definition) is 4. The SMILES string of the molecule is C=C1CCN2CC(O)CC12C(=O)OCC. The highest BCUT2D eigenvalue weighted by Crippen LogP contribution is 2.42. The first-order chi connectivity index (χ1) is 7.11. The number of ether oxygens (including phenoxy) is 1. The average molecular weight is 211 g/mol. The van der Waals surface area contributed by atoms with Crippen LogP contribution in [0.5, 0.6) is 0 Å². The molecule has 1 N–H and O–H groups in total. The van der Waals surface area contributed by atoms with Crippen LogP contribution in [-0.4, -0.2) is 47.3 Å². The number of aliphatic hydroxyl groups excluding tert-OH is 1. The molecule has 0 bridgehead atoms. The molecule has 2 fully saturated rings. The van der Waals surface area contributed by atoms with E-state index in [1.54, 1.807) is 6.92 Å². The van der Waals surface area contributed by atoms with Crippen molar-refractivity contribution in [3.05, 3.63) is 12.2 Å². The molecule has 2 aliphatic heterocycles. The molecule has 4 heteroatoms. The molecule has 2 rings (SSSR count). The van der Waals surface area contributed by atoms with Gasteiger partial charge in [-0.05, 0) is 18.9 Å². The Morgan fingerprint density at radius 1 is 1.80 bits per heavy atom. The molecular weight excluding hydrogens is 194 g/mol. The van der Waals surface area contributed by atoms with Crippen LogP contribution in [-0.2, 0) is 9.53 Å². The lowest BCUT2D eigenvalue weighted by molar-refractivity contribution is -0.152. The third-order valence-corrected chi connectivity index (χ3v) is 3.38. The Labute approximate surface area is 89.5 Å². The molecule has 2 saturated heterocycles. The lowest BCUT2D eigenvalue weighted by Crippen LogP contribution is -2.47. The highest BCUT2D eigenvalue weighted by Gasteiger charge is 2.56. The molecule has 2 unspecified atom stereocenters. The monoisotopic (exact) mass is 211 g/mol. The van der Waals surface area contributed by atoms with Gasteiger partial charge < -0.3 is 9.84 Å². The Balaban J connectivity index is 2.28. The summed E-state index contributed by atoms with van der Waals surface area (Å²) in [7, 11) is 0. The molecule has 2 aliphatic rings. The number of carbonyl (C=O) groups excluding carboxylic acids is 1. The number of fused-ring (bicyclic) bond motifs is 1. The third-order valence-electron chi connectivity index (χ3n) is 3.38. The number of nitrogens with zero attached hydrogens (tertiary/aromatic N) is 1. The molecule has 0 radical (unpaired) electrons. The van der Waals surface area contributed by atoms with Crippen LogP contribution in [0.4, 0.5) is 0 Å². The number of β-amino-alcohol motifs (C(OH)–C–C–N with tert-alkyl or cyclic N) is 1. The minimum absolute atomic E-state index is 0.246. The molecule has 0 amide bonds. The van der Waals surface area contributed by atoms with E-state index in [0.717, 1.165) is 18.5 Å². The zero-order valence-electron chi connectivity index (χ0n) is 9.03. The van der Waals surface area contributed by atoms with Crippen LogP contribution < -0.4 is 0 Å². The van der Waals surface area contributed by atoms with Gasteiger partial charge in [0.2, 0.25) is 0 Å². The summed E-state index contributed by atoms with van der Waals surface area (Å²) >= 11 is 0. The van der Waals surface area contributed by atoms with E-state index in [1.165, 1.54) is 0 Å². The van der Waals surface area contributed by atoms with Crippen LogP contribution in [0.3, 0.4) is 0 Å². The maximum Gasteiger partial charge on any atom is 0.330 e. The molecule has 0 spiro atoms. The summed E-state index contributed by atoms with van der Waals surface area (Å²) in [6, 6.07) is 0. The van der Waals surface area contributed by atoms with Crippen LogP contribution in [0.2, 0.25) is 0 Å². The molecule has 2 heterocycles. The molecule has 0 aromatic carbocycles. The Morgan fingerprint density at radius 2 is 2.53 bits per heavy atom. The van der Waals surface area contributed by atoms with Crippen LogP contribution >= 0.6 is 0 Å². The maximum atomic E-state index is 12.0. The van der Waals surface area contributed by atoms with Gasteiger partial charge in [-0.15, -0.1) is 0 Å². The summed E-state index contributed by atoms with van der Waals surface area (Å²) in [5, 5.41) is 9.64. The summed E-state index contributed by atoms with van der Waals surface area (Å²) in [6.45, 7) is 7.47.